The summed E-state index contributed by atoms with van der Waals surface area (Å²) in [6.45, 7) is 4.55. The highest BCUT2D eigenvalue weighted by atomic mass is 35.5. The van der Waals surface area contributed by atoms with Gasteiger partial charge in [-0.05, 0) is 43.4 Å². The third-order valence-corrected chi connectivity index (χ3v) is 5.33. The Labute approximate surface area is 173 Å². The molecule has 150 valence electrons. The summed E-state index contributed by atoms with van der Waals surface area (Å²) in [4.78, 5) is 7.06. The van der Waals surface area contributed by atoms with Crippen LogP contribution in [0.1, 0.15) is 31.2 Å². The van der Waals surface area contributed by atoms with E-state index in [-0.39, 0.29) is 30.9 Å². The zero-order chi connectivity index (χ0) is 17.1. The molecule has 1 aromatic heterocycles. The first-order valence-electron chi connectivity index (χ1n) is 9.38. The van der Waals surface area contributed by atoms with Crippen molar-refractivity contribution in [1.29, 1.82) is 0 Å². The Morgan fingerprint density at radius 3 is 2.56 bits per heavy atom. The SMILES string of the molecule is Cl.Cl.NC1CCC(Oc2ccc(CN3CCOCC3)c3cccnc23)CC1. The molecule has 4 rings (SSSR count). The van der Waals surface area contributed by atoms with Gasteiger partial charge in [-0.25, -0.2) is 0 Å². The summed E-state index contributed by atoms with van der Waals surface area (Å²) in [5, 5.41) is 1.19. The molecular formula is C20H29Cl2N3O2. The molecular weight excluding hydrogens is 385 g/mol. The van der Waals surface area contributed by atoms with Gasteiger partial charge in [0.15, 0.2) is 0 Å². The smallest absolute Gasteiger partial charge is 0.145 e. The first-order chi connectivity index (χ1) is 12.3. The maximum Gasteiger partial charge on any atom is 0.145 e. The summed E-state index contributed by atoms with van der Waals surface area (Å²) in [5.74, 6) is 0.904. The summed E-state index contributed by atoms with van der Waals surface area (Å²) >= 11 is 0. The third kappa shape index (κ3) is 5.46. The van der Waals surface area contributed by atoms with Crippen LogP contribution in [0.25, 0.3) is 10.9 Å². The topological polar surface area (TPSA) is 60.6 Å². The Hall–Kier alpha value is -1.11. The molecule has 27 heavy (non-hydrogen) atoms. The van der Waals surface area contributed by atoms with Crippen LogP contribution in [-0.4, -0.2) is 48.3 Å². The Kier molecular flexibility index (Phi) is 8.58. The quantitative estimate of drug-likeness (QED) is 0.829. The van der Waals surface area contributed by atoms with Gasteiger partial charge in [0.05, 0.1) is 19.3 Å². The van der Waals surface area contributed by atoms with Crippen LogP contribution in [0.4, 0.5) is 0 Å². The lowest BCUT2D eigenvalue weighted by molar-refractivity contribution is 0.0343. The second-order valence-electron chi connectivity index (χ2n) is 7.17. The number of nitrogens with zero attached hydrogens (tertiary/aromatic N) is 2. The Morgan fingerprint density at radius 2 is 1.81 bits per heavy atom. The molecule has 0 bridgehead atoms. The Balaban J connectivity index is 0.00000131. The zero-order valence-corrected chi connectivity index (χ0v) is 17.1. The lowest BCUT2D eigenvalue weighted by Gasteiger charge is -2.28. The minimum atomic E-state index is 0. The van der Waals surface area contributed by atoms with E-state index in [0.29, 0.717) is 6.04 Å². The van der Waals surface area contributed by atoms with Crippen molar-refractivity contribution in [3.05, 3.63) is 36.0 Å². The summed E-state index contributed by atoms with van der Waals surface area (Å²) in [7, 11) is 0. The van der Waals surface area contributed by atoms with Crippen molar-refractivity contribution in [2.24, 2.45) is 5.73 Å². The van der Waals surface area contributed by atoms with Gasteiger partial charge in [0, 0.05) is 37.3 Å². The maximum absolute atomic E-state index is 6.31. The predicted molar refractivity (Wildman–Crippen MR) is 113 cm³/mol. The van der Waals surface area contributed by atoms with Crippen molar-refractivity contribution in [2.45, 2.75) is 44.4 Å². The summed E-state index contributed by atoms with van der Waals surface area (Å²) in [5.41, 5.74) is 8.29. The molecule has 2 aliphatic rings. The van der Waals surface area contributed by atoms with Crippen LogP contribution in [0.2, 0.25) is 0 Å². The van der Waals surface area contributed by atoms with Gasteiger partial charge in [-0.2, -0.15) is 0 Å². The van der Waals surface area contributed by atoms with Gasteiger partial charge in [0.1, 0.15) is 11.3 Å². The van der Waals surface area contributed by atoms with Crippen molar-refractivity contribution in [2.75, 3.05) is 26.3 Å². The van der Waals surface area contributed by atoms with Gasteiger partial charge >= 0.3 is 0 Å². The van der Waals surface area contributed by atoms with E-state index in [1.165, 1.54) is 10.9 Å². The average Bonchev–Trinajstić information content (AvgIpc) is 2.66. The minimum absolute atomic E-state index is 0. The molecule has 1 saturated heterocycles. The van der Waals surface area contributed by atoms with E-state index in [9.17, 15) is 0 Å². The molecule has 2 fully saturated rings. The first-order valence-corrected chi connectivity index (χ1v) is 9.38. The normalized spacial score (nSPS) is 23.3. The Morgan fingerprint density at radius 1 is 1.07 bits per heavy atom. The molecule has 5 nitrogen and oxygen atoms in total. The highest BCUT2D eigenvalue weighted by Crippen LogP contribution is 2.31. The second kappa shape index (κ2) is 10.4. The molecule has 0 unspecified atom stereocenters. The van der Waals surface area contributed by atoms with E-state index >= 15 is 0 Å². The number of ether oxygens (including phenoxy) is 2. The van der Waals surface area contributed by atoms with Gasteiger partial charge < -0.3 is 15.2 Å². The van der Waals surface area contributed by atoms with Gasteiger partial charge in [0.2, 0.25) is 0 Å². The molecule has 2 aromatic rings. The number of fused-ring (bicyclic) bond motifs is 1. The highest BCUT2D eigenvalue weighted by molar-refractivity contribution is 5.87. The van der Waals surface area contributed by atoms with E-state index in [4.69, 9.17) is 15.2 Å². The molecule has 0 radical (unpaired) electrons. The van der Waals surface area contributed by atoms with E-state index < -0.39 is 0 Å². The number of aromatic nitrogens is 1. The number of benzene rings is 1. The molecule has 1 aliphatic heterocycles. The molecule has 7 heteroatoms. The standard InChI is InChI=1S/C20H27N3O2.2ClH/c21-16-4-6-17(7-5-16)25-19-8-3-15(14-23-10-12-24-13-11-23)18-2-1-9-22-20(18)19;;/h1-3,8-9,16-17H,4-7,10-14,21H2;2*1H. The summed E-state index contributed by atoms with van der Waals surface area (Å²) < 4.78 is 11.8. The maximum atomic E-state index is 6.31. The van der Waals surface area contributed by atoms with Crippen molar-refractivity contribution in [3.8, 4) is 5.75 Å². The molecule has 0 atom stereocenters. The predicted octanol–water partition coefficient (Wildman–Crippen LogP) is 3.56. The number of nitrogens with two attached hydrogens (primary N) is 1. The van der Waals surface area contributed by atoms with Gasteiger partial charge in [-0.1, -0.05) is 12.1 Å². The van der Waals surface area contributed by atoms with Crippen molar-refractivity contribution >= 4 is 35.7 Å². The number of hydrogen-bond donors (Lipinski definition) is 1. The summed E-state index contributed by atoms with van der Waals surface area (Å²) in [6, 6.07) is 8.80. The monoisotopic (exact) mass is 413 g/mol. The molecule has 1 aliphatic carbocycles. The average molecular weight is 414 g/mol. The molecule has 0 amide bonds. The first kappa shape index (κ1) is 22.2. The molecule has 2 N–H and O–H groups in total. The lowest BCUT2D eigenvalue weighted by atomic mass is 9.93. The molecule has 0 spiro atoms. The highest BCUT2D eigenvalue weighted by Gasteiger charge is 2.21. The number of halogens is 2. The van der Waals surface area contributed by atoms with Crippen LogP contribution >= 0.6 is 24.8 Å². The van der Waals surface area contributed by atoms with Gasteiger partial charge in [-0.15, -0.1) is 24.8 Å². The molecule has 2 heterocycles. The van der Waals surface area contributed by atoms with Crippen LogP contribution < -0.4 is 10.5 Å². The number of pyridine rings is 1. The second-order valence-corrected chi connectivity index (χ2v) is 7.17. The van der Waals surface area contributed by atoms with E-state index in [1.54, 1.807) is 0 Å². The van der Waals surface area contributed by atoms with E-state index in [1.807, 2.05) is 12.3 Å². The van der Waals surface area contributed by atoms with Crippen LogP contribution in [0, 0.1) is 0 Å². The van der Waals surface area contributed by atoms with Gasteiger partial charge in [0.25, 0.3) is 0 Å². The van der Waals surface area contributed by atoms with Crippen LogP contribution in [0.5, 0.6) is 5.75 Å². The van der Waals surface area contributed by atoms with E-state index in [2.05, 4.69) is 28.1 Å². The van der Waals surface area contributed by atoms with Crippen molar-refractivity contribution in [3.63, 3.8) is 0 Å². The lowest BCUT2D eigenvalue weighted by Crippen LogP contribution is -2.35. The van der Waals surface area contributed by atoms with E-state index in [0.717, 1.165) is 69.8 Å². The third-order valence-electron chi connectivity index (χ3n) is 5.33. The van der Waals surface area contributed by atoms with Crippen LogP contribution in [0.15, 0.2) is 30.5 Å². The molecule has 1 saturated carbocycles. The number of rotatable bonds is 4. The fourth-order valence-corrected chi connectivity index (χ4v) is 3.82. The number of hydrogen-bond acceptors (Lipinski definition) is 5. The van der Waals surface area contributed by atoms with Crippen LogP contribution in [-0.2, 0) is 11.3 Å². The zero-order valence-electron chi connectivity index (χ0n) is 15.5. The fourth-order valence-electron chi connectivity index (χ4n) is 3.82. The fraction of sp³-hybridized carbons (Fsp3) is 0.550. The van der Waals surface area contributed by atoms with Crippen molar-refractivity contribution in [1.82, 2.24) is 9.88 Å². The van der Waals surface area contributed by atoms with Crippen molar-refractivity contribution < 1.29 is 9.47 Å². The van der Waals surface area contributed by atoms with Gasteiger partial charge in [-0.3, -0.25) is 9.88 Å². The summed E-state index contributed by atoms with van der Waals surface area (Å²) in [6.07, 6.45) is 6.27. The Bertz CT molecular complexity index is 717. The largest absolute Gasteiger partial charge is 0.488 e. The van der Waals surface area contributed by atoms with Crippen LogP contribution in [0.3, 0.4) is 0 Å². The number of morpholine rings is 1. The minimum Gasteiger partial charge on any atom is -0.488 e. The molecule has 1 aromatic carbocycles.